The van der Waals surface area contributed by atoms with E-state index in [0.29, 0.717) is 6.07 Å². The highest BCUT2D eigenvalue weighted by molar-refractivity contribution is 5.95. The standard InChI is InChI=1S/C8H7F3N2O2/c9-8(10,11)6-3-4(14)1-2-5(6)7(15)13-12/h1-3,14H,12H2,(H,13,15). The molecule has 7 heteroatoms. The van der Waals surface area contributed by atoms with Crippen LogP contribution in [0.4, 0.5) is 13.2 Å². The maximum absolute atomic E-state index is 12.4. The number of halogens is 3. The number of nitrogens with one attached hydrogen (secondary N) is 1. The van der Waals surface area contributed by atoms with Crippen LogP contribution in [0.15, 0.2) is 18.2 Å². The van der Waals surface area contributed by atoms with Gasteiger partial charge < -0.3 is 5.11 Å². The van der Waals surface area contributed by atoms with Crippen LogP contribution in [-0.2, 0) is 6.18 Å². The first-order valence-corrected chi connectivity index (χ1v) is 3.77. The summed E-state index contributed by atoms with van der Waals surface area (Å²) in [6.07, 6.45) is -4.72. The van der Waals surface area contributed by atoms with Crippen LogP contribution in [0.3, 0.4) is 0 Å². The van der Waals surface area contributed by atoms with Gasteiger partial charge in [0.05, 0.1) is 11.1 Å². The first-order valence-electron chi connectivity index (χ1n) is 3.77. The minimum atomic E-state index is -4.72. The lowest BCUT2D eigenvalue weighted by Gasteiger charge is -2.11. The number of carbonyl (C=O) groups excluding carboxylic acids is 1. The Hall–Kier alpha value is -1.76. The second-order valence-corrected chi connectivity index (χ2v) is 2.70. The lowest BCUT2D eigenvalue weighted by atomic mass is 10.1. The van der Waals surface area contributed by atoms with Gasteiger partial charge in [0.15, 0.2) is 0 Å². The lowest BCUT2D eigenvalue weighted by molar-refractivity contribution is -0.138. The zero-order chi connectivity index (χ0) is 11.6. The molecule has 0 atom stereocenters. The number of benzene rings is 1. The predicted molar refractivity (Wildman–Crippen MR) is 44.8 cm³/mol. The van der Waals surface area contributed by atoms with E-state index < -0.39 is 29.0 Å². The van der Waals surface area contributed by atoms with Gasteiger partial charge in [0.2, 0.25) is 0 Å². The second kappa shape index (κ2) is 3.77. The first kappa shape index (κ1) is 11.3. The quantitative estimate of drug-likeness (QED) is 0.375. The molecule has 0 fully saturated rings. The smallest absolute Gasteiger partial charge is 0.417 e. The van der Waals surface area contributed by atoms with Gasteiger partial charge in [0.25, 0.3) is 5.91 Å². The van der Waals surface area contributed by atoms with E-state index in [-0.39, 0.29) is 0 Å². The van der Waals surface area contributed by atoms with Gasteiger partial charge in [0, 0.05) is 0 Å². The topological polar surface area (TPSA) is 75.3 Å². The van der Waals surface area contributed by atoms with E-state index in [1.807, 2.05) is 0 Å². The Labute approximate surface area is 82.5 Å². The number of carbonyl (C=O) groups is 1. The number of aromatic hydroxyl groups is 1. The van der Waals surface area contributed by atoms with Gasteiger partial charge in [-0.3, -0.25) is 10.2 Å². The van der Waals surface area contributed by atoms with Crippen LogP contribution >= 0.6 is 0 Å². The van der Waals surface area contributed by atoms with Crippen molar-refractivity contribution in [3.8, 4) is 5.75 Å². The summed E-state index contributed by atoms with van der Waals surface area (Å²) in [7, 11) is 0. The molecule has 0 radical (unpaired) electrons. The van der Waals surface area contributed by atoms with Crippen LogP contribution in [0, 0.1) is 0 Å². The van der Waals surface area contributed by atoms with Crippen molar-refractivity contribution in [2.24, 2.45) is 5.84 Å². The number of hydrogen-bond donors (Lipinski definition) is 3. The van der Waals surface area contributed by atoms with Crippen LogP contribution < -0.4 is 11.3 Å². The second-order valence-electron chi connectivity index (χ2n) is 2.70. The molecule has 0 aliphatic heterocycles. The molecule has 0 spiro atoms. The third kappa shape index (κ3) is 2.38. The molecule has 4 N–H and O–H groups in total. The van der Waals surface area contributed by atoms with Gasteiger partial charge in [-0.25, -0.2) is 5.84 Å². The molecule has 0 aliphatic carbocycles. The fourth-order valence-electron chi connectivity index (χ4n) is 1.04. The molecular weight excluding hydrogens is 213 g/mol. The van der Waals surface area contributed by atoms with Gasteiger partial charge in [-0.05, 0) is 18.2 Å². The fourth-order valence-corrected chi connectivity index (χ4v) is 1.04. The van der Waals surface area contributed by atoms with E-state index in [2.05, 4.69) is 0 Å². The van der Waals surface area contributed by atoms with Crippen molar-refractivity contribution in [3.63, 3.8) is 0 Å². The molecule has 0 saturated carbocycles. The average Bonchev–Trinajstić information content (AvgIpc) is 2.15. The van der Waals surface area contributed by atoms with Crippen molar-refractivity contribution in [3.05, 3.63) is 29.3 Å². The molecule has 1 aromatic carbocycles. The minimum absolute atomic E-state index is 0.463. The van der Waals surface area contributed by atoms with Crippen molar-refractivity contribution in [2.75, 3.05) is 0 Å². The van der Waals surface area contributed by atoms with Crippen LogP contribution in [0.1, 0.15) is 15.9 Å². The first-order chi connectivity index (χ1) is 6.86. The van der Waals surface area contributed by atoms with Crippen molar-refractivity contribution >= 4 is 5.91 Å². The highest BCUT2D eigenvalue weighted by Crippen LogP contribution is 2.33. The van der Waals surface area contributed by atoms with Gasteiger partial charge in [0.1, 0.15) is 5.75 Å². The van der Waals surface area contributed by atoms with Crippen LogP contribution in [-0.4, -0.2) is 11.0 Å². The summed E-state index contributed by atoms with van der Waals surface area (Å²) in [4.78, 5) is 11.0. The number of nitrogen functional groups attached to an aromatic ring is 1. The number of rotatable bonds is 1. The highest BCUT2D eigenvalue weighted by Gasteiger charge is 2.35. The van der Waals surface area contributed by atoms with Gasteiger partial charge in [-0.15, -0.1) is 0 Å². The maximum Gasteiger partial charge on any atom is 0.417 e. The molecule has 0 heterocycles. The van der Waals surface area contributed by atoms with Gasteiger partial charge >= 0.3 is 6.18 Å². The Balaban J connectivity index is 3.33. The number of hydrogen-bond acceptors (Lipinski definition) is 3. The molecule has 82 valence electrons. The molecule has 0 unspecified atom stereocenters. The van der Waals surface area contributed by atoms with Crippen molar-refractivity contribution in [2.45, 2.75) is 6.18 Å². The molecule has 4 nitrogen and oxygen atoms in total. The molecule has 0 aliphatic rings. The molecule has 1 amide bonds. The largest absolute Gasteiger partial charge is 0.508 e. The fraction of sp³-hybridized carbons (Fsp3) is 0.125. The molecule has 0 aromatic heterocycles. The predicted octanol–water partition coefficient (Wildman–Crippen LogP) is 1.01. The van der Waals surface area contributed by atoms with E-state index >= 15 is 0 Å². The molecule has 1 aromatic rings. The monoisotopic (exact) mass is 220 g/mol. The van der Waals surface area contributed by atoms with Crippen LogP contribution in [0.2, 0.25) is 0 Å². The maximum atomic E-state index is 12.4. The van der Waals surface area contributed by atoms with E-state index in [4.69, 9.17) is 10.9 Å². The van der Waals surface area contributed by atoms with Crippen LogP contribution in [0.5, 0.6) is 5.75 Å². The van der Waals surface area contributed by atoms with E-state index in [0.717, 1.165) is 12.1 Å². The Kier molecular flexibility index (Phi) is 2.85. The number of phenolic OH excluding ortho intramolecular Hbond substituents is 1. The number of phenols is 1. The molecule has 0 bridgehead atoms. The summed E-state index contributed by atoms with van der Waals surface area (Å²) in [6, 6.07) is 2.28. The van der Waals surface area contributed by atoms with Gasteiger partial charge in [-0.1, -0.05) is 0 Å². The average molecular weight is 220 g/mol. The third-order valence-corrected chi connectivity index (χ3v) is 1.68. The number of nitrogens with two attached hydrogens (primary N) is 1. The summed E-state index contributed by atoms with van der Waals surface area (Å²) in [5, 5.41) is 8.89. The summed E-state index contributed by atoms with van der Waals surface area (Å²) in [5.74, 6) is 3.08. The Morgan fingerprint density at radius 2 is 2.00 bits per heavy atom. The normalized spacial score (nSPS) is 11.2. The van der Waals surface area contributed by atoms with Crippen LogP contribution in [0.25, 0.3) is 0 Å². The summed E-state index contributed by atoms with van der Waals surface area (Å²) in [5.41, 5.74) is -0.275. The van der Waals surface area contributed by atoms with Crippen molar-refractivity contribution in [1.82, 2.24) is 5.43 Å². The highest BCUT2D eigenvalue weighted by atomic mass is 19.4. The number of amides is 1. The third-order valence-electron chi connectivity index (χ3n) is 1.68. The van der Waals surface area contributed by atoms with E-state index in [1.54, 1.807) is 5.43 Å². The number of alkyl halides is 3. The summed E-state index contributed by atoms with van der Waals surface area (Å²) < 4.78 is 37.2. The molecular formula is C8H7F3N2O2. The lowest BCUT2D eigenvalue weighted by Crippen LogP contribution is -2.31. The Bertz CT molecular complexity index is 390. The summed E-state index contributed by atoms with van der Waals surface area (Å²) >= 11 is 0. The zero-order valence-corrected chi connectivity index (χ0v) is 7.30. The van der Waals surface area contributed by atoms with Gasteiger partial charge in [-0.2, -0.15) is 13.2 Å². The Morgan fingerprint density at radius 3 is 2.47 bits per heavy atom. The van der Waals surface area contributed by atoms with E-state index in [1.165, 1.54) is 0 Å². The zero-order valence-electron chi connectivity index (χ0n) is 7.30. The SMILES string of the molecule is NNC(=O)c1ccc(O)cc1C(F)(F)F. The molecule has 0 saturated heterocycles. The van der Waals surface area contributed by atoms with E-state index in [9.17, 15) is 18.0 Å². The Morgan fingerprint density at radius 1 is 1.40 bits per heavy atom. The molecule has 1 rings (SSSR count). The minimum Gasteiger partial charge on any atom is -0.508 e. The van der Waals surface area contributed by atoms with Crippen molar-refractivity contribution < 1.29 is 23.1 Å². The number of hydrazine groups is 1. The van der Waals surface area contributed by atoms with Crippen molar-refractivity contribution in [1.29, 1.82) is 0 Å². The summed E-state index contributed by atoms with van der Waals surface area (Å²) in [6.45, 7) is 0. The molecule has 15 heavy (non-hydrogen) atoms.